The van der Waals surface area contributed by atoms with Crippen LogP contribution in [0.3, 0.4) is 0 Å². The van der Waals surface area contributed by atoms with Gasteiger partial charge in [-0.2, -0.15) is 0 Å². The maximum Gasteiger partial charge on any atom is 0.227 e. The molecule has 0 unspecified atom stereocenters. The van der Waals surface area contributed by atoms with Crippen LogP contribution >= 0.6 is 0 Å². The van der Waals surface area contributed by atoms with Crippen LogP contribution in [0.4, 0.5) is 11.4 Å². The van der Waals surface area contributed by atoms with Crippen molar-refractivity contribution in [1.29, 1.82) is 0 Å². The van der Waals surface area contributed by atoms with Gasteiger partial charge in [0.05, 0.1) is 12.2 Å². The van der Waals surface area contributed by atoms with Gasteiger partial charge in [-0.25, -0.2) is 0 Å². The molecule has 96 valence electrons. The molecule has 1 aromatic carbocycles. The number of hydrogen-bond donors (Lipinski definition) is 1. The molecule has 0 saturated heterocycles. The van der Waals surface area contributed by atoms with E-state index >= 15 is 0 Å². The summed E-state index contributed by atoms with van der Waals surface area (Å²) in [6, 6.07) is 5.59. The van der Waals surface area contributed by atoms with Gasteiger partial charge >= 0.3 is 0 Å². The molecule has 4 heteroatoms. The molecule has 0 atom stereocenters. The summed E-state index contributed by atoms with van der Waals surface area (Å²) in [6.45, 7) is 5.38. The highest BCUT2D eigenvalue weighted by molar-refractivity contribution is 6.00. The van der Waals surface area contributed by atoms with E-state index in [4.69, 9.17) is 5.73 Å². The zero-order valence-electron chi connectivity index (χ0n) is 10.9. The summed E-state index contributed by atoms with van der Waals surface area (Å²) in [7, 11) is 0. The normalized spacial score (nSPS) is 14.5. The van der Waals surface area contributed by atoms with E-state index in [-0.39, 0.29) is 5.91 Å². The number of nitrogens with two attached hydrogens (primary N) is 1. The number of hydrogen-bond acceptors (Lipinski definition) is 3. The second-order valence-electron chi connectivity index (χ2n) is 5.00. The third-order valence-corrected chi connectivity index (χ3v) is 2.91. The van der Waals surface area contributed by atoms with Gasteiger partial charge < -0.3 is 10.6 Å². The average Bonchev–Trinajstić information content (AvgIpc) is 2.49. The number of carbonyl (C=O) groups is 1. The molecule has 0 bridgehead atoms. The summed E-state index contributed by atoms with van der Waals surface area (Å²) in [5.41, 5.74) is 8.30. The standard InChI is InChI=1S/C14H19N3O/c1-10(2)7-14(18)17-6-5-16-9-11-8-12(15)3-4-13(11)17/h3-4,8-10H,5-7,15H2,1-2H3. The summed E-state index contributed by atoms with van der Waals surface area (Å²) in [4.78, 5) is 18.4. The molecule has 0 aliphatic carbocycles. The molecule has 1 aliphatic rings. The Labute approximate surface area is 108 Å². The molecular formula is C14H19N3O. The Bertz CT molecular complexity index is 480. The first-order valence-electron chi connectivity index (χ1n) is 6.27. The predicted molar refractivity (Wildman–Crippen MR) is 75.1 cm³/mol. The molecule has 1 amide bonds. The monoisotopic (exact) mass is 245 g/mol. The third kappa shape index (κ3) is 2.70. The maximum absolute atomic E-state index is 12.2. The largest absolute Gasteiger partial charge is 0.399 e. The first-order chi connectivity index (χ1) is 8.58. The second-order valence-corrected chi connectivity index (χ2v) is 5.00. The molecule has 2 N–H and O–H groups in total. The number of benzene rings is 1. The molecule has 2 rings (SSSR count). The van der Waals surface area contributed by atoms with Crippen molar-refractivity contribution in [2.24, 2.45) is 10.9 Å². The Hall–Kier alpha value is -1.84. The molecule has 1 heterocycles. The molecular weight excluding hydrogens is 226 g/mol. The van der Waals surface area contributed by atoms with Crippen LogP contribution in [0.1, 0.15) is 25.8 Å². The van der Waals surface area contributed by atoms with E-state index in [0.29, 0.717) is 31.1 Å². The fourth-order valence-corrected chi connectivity index (χ4v) is 2.08. The molecule has 4 nitrogen and oxygen atoms in total. The molecule has 1 aliphatic heterocycles. The lowest BCUT2D eigenvalue weighted by Gasteiger charge is -2.23. The maximum atomic E-state index is 12.2. The van der Waals surface area contributed by atoms with Crippen LogP contribution in [-0.4, -0.2) is 25.2 Å². The van der Waals surface area contributed by atoms with E-state index in [1.54, 1.807) is 6.21 Å². The van der Waals surface area contributed by atoms with Gasteiger partial charge in [0.1, 0.15) is 0 Å². The fourth-order valence-electron chi connectivity index (χ4n) is 2.08. The van der Waals surface area contributed by atoms with Crippen molar-refractivity contribution >= 4 is 23.5 Å². The molecule has 0 spiro atoms. The Morgan fingerprint density at radius 1 is 1.50 bits per heavy atom. The SMILES string of the molecule is CC(C)CC(=O)N1CCN=Cc2cc(N)ccc21. The number of amides is 1. The van der Waals surface area contributed by atoms with Crippen LogP contribution < -0.4 is 10.6 Å². The quantitative estimate of drug-likeness (QED) is 0.811. The molecule has 0 saturated carbocycles. The van der Waals surface area contributed by atoms with Crippen LogP contribution in [-0.2, 0) is 4.79 Å². The number of aliphatic imine (C=N–C) groups is 1. The minimum absolute atomic E-state index is 0.154. The Kier molecular flexibility index (Phi) is 3.65. The van der Waals surface area contributed by atoms with E-state index in [0.717, 1.165) is 11.3 Å². The molecule has 0 aromatic heterocycles. The minimum atomic E-state index is 0.154. The van der Waals surface area contributed by atoms with E-state index in [9.17, 15) is 4.79 Å². The highest BCUT2D eigenvalue weighted by Crippen LogP contribution is 2.24. The van der Waals surface area contributed by atoms with Crippen LogP contribution in [0.2, 0.25) is 0 Å². The predicted octanol–water partition coefficient (Wildman–Crippen LogP) is 2.08. The minimum Gasteiger partial charge on any atom is -0.399 e. The van der Waals surface area contributed by atoms with E-state index in [1.165, 1.54) is 0 Å². The topological polar surface area (TPSA) is 58.7 Å². The zero-order chi connectivity index (χ0) is 13.1. The summed E-state index contributed by atoms with van der Waals surface area (Å²) in [5, 5.41) is 0. The number of nitrogen functional groups attached to an aromatic ring is 1. The van der Waals surface area contributed by atoms with Crippen LogP contribution in [0.15, 0.2) is 23.2 Å². The Morgan fingerprint density at radius 3 is 3.00 bits per heavy atom. The van der Waals surface area contributed by atoms with E-state index < -0.39 is 0 Å². The van der Waals surface area contributed by atoms with Crippen LogP contribution in [0.5, 0.6) is 0 Å². The Morgan fingerprint density at radius 2 is 2.28 bits per heavy atom. The number of fused-ring (bicyclic) bond motifs is 1. The smallest absolute Gasteiger partial charge is 0.227 e. The van der Waals surface area contributed by atoms with Crippen LogP contribution in [0.25, 0.3) is 0 Å². The lowest BCUT2D eigenvalue weighted by molar-refractivity contribution is -0.119. The van der Waals surface area contributed by atoms with Gasteiger partial charge in [-0.15, -0.1) is 0 Å². The third-order valence-electron chi connectivity index (χ3n) is 2.91. The lowest BCUT2D eigenvalue weighted by Crippen LogP contribution is -2.33. The summed E-state index contributed by atoms with van der Waals surface area (Å²) < 4.78 is 0. The van der Waals surface area contributed by atoms with Gasteiger partial charge in [-0.3, -0.25) is 9.79 Å². The first kappa shape index (κ1) is 12.6. The highest BCUT2D eigenvalue weighted by atomic mass is 16.2. The van der Waals surface area contributed by atoms with Gasteiger partial charge in [0.2, 0.25) is 5.91 Å². The van der Waals surface area contributed by atoms with Crippen molar-refractivity contribution in [3.8, 4) is 0 Å². The van der Waals surface area contributed by atoms with Crippen molar-refractivity contribution < 1.29 is 4.79 Å². The molecule has 0 fully saturated rings. The van der Waals surface area contributed by atoms with Gasteiger partial charge in [0.25, 0.3) is 0 Å². The number of carbonyl (C=O) groups excluding carboxylic acids is 1. The van der Waals surface area contributed by atoms with Gasteiger partial charge in [0.15, 0.2) is 0 Å². The highest BCUT2D eigenvalue weighted by Gasteiger charge is 2.20. The summed E-state index contributed by atoms with van der Waals surface area (Å²) >= 11 is 0. The second kappa shape index (κ2) is 5.21. The van der Waals surface area contributed by atoms with Gasteiger partial charge in [-0.05, 0) is 24.1 Å². The number of rotatable bonds is 2. The summed E-state index contributed by atoms with van der Waals surface area (Å²) in [5.74, 6) is 0.514. The molecule has 0 radical (unpaired) electrons. The van der Waals surface area contributed by atoms with Crippen molar-refractivity contribution in [2.45, 2.75) is 20.3 Å². The molecule has 1 aromatic rings. The zero-order valence-corrected chi connectivity index (χ0v) is 10.9. The average molecular weight is 245 g/mol. The van der Waals surface area contributed by atoms with Crippen molar-refractivity contribution in [3.63, 3.8) is 0 Å². The van der Waals surface area contributed by atoms with E-state index in [2.05, 4.69) is 18.8 Å². The van der Waals surface area contributed by atoms with Crippen molar-refractivity contribution in [1.82, 2.24) is 0 Å². The molecule has 18 heavy (non-hydrogen) atoms. The van der Waals surface area contributed by atoms with Crippen LogP contribution in [0, 0.1) is 5.92 Å². The van der Waals surface area contributed by atoms with Gasteiger partial charge in [0, 0.05) is 30.4 Å². The Balaban J connectivity index is 2.33. The number of anilines is 2. The number of benzodiazepines with no additional fused rings is 1. The first-order valence-corrected chi connectivity index (χ1v) is 6.27. The summed E-state index contributed by atoms with van der Waals surface area (Å²) in [6.07, 6.45) is 2.36. The fraction of sp³-hybridized carbons (Fsp3) is 0.429. The van der Waals surface area contributed by atoms with Gasteiger partial charge in [-0.1, -0.05) is 13.8 Å². The number of nitrogens with zero attached hydrogens (tertiary/aromatic N) is 2. The van der Waals surface area contributed by atoms with Crippen molar-refractivity contribution in [2.75, 3.05) is 23.7 Å². The van der Waals surface area contributed by atoms with E-state index in [1.807, 2.05) is 23.1 Å². The lowest BCUT2D eigenvalue weighted by atomic mass is 10.1. The van der Waals surface area contributed by atoms with Crippen molar-refractivity contribution in [3.05, 3.63) is 23.8 Å².